The van der Waals surface area contributed by atoms with Gasteiger partial charge in [-0.05, 0) is 24.6 Å². The summed E-state index contributed by atoms with van der Waals surface area (Å²) in [6.45, 7) is 2.66. The highest BCUT2D eigenvalue weighted by molar-refractivity contribution is 5.99. The van der Waals surface area contributed by atoms with Crippen molar-refractivity contribution in [3.63, 3.8) is 0 Å². The van der Waals surface area contributed by atoms with Crippen LogP contribution < -0.4 is 4.90 Å². The maximum Gasteiger partial charge on any atom is 0.411 e. The first-order valence-electron chi connectivity index (χ1n) is 6.30. The number of hydrogen-bond donors (Lipinski definition) is 2. The number of nitrogens with zero attached hydrogens (tertiary/aromatic N) is 1. The SMILES string of the molecule is CCCCCN(C(=O)O)c1cccc2[nH]ccc12. The number of carboxylic acid groups (broad SMARTS) is 1. The third kappa shape index (κ3) is 2.47. The van der Waals surface area contributed by atoms with Crippen molar-refractivity contribution in [3.8, 4) is 0 Å². The van der Waals surface area contributed by atoms with Crippen LogP contribution in [-0.2, 0) is 0 Å². The minimum atomic E-state index is -0.889. The summed E-state index contributed by atoms with van der Waals surface area (Å²) in [7, 11) is 0. The summed E-state index contributed by atoms with van der Waals surface area (Å²) in [6, 6.07) is 7.60. The Kier molecular flexibility index (Phi) is 3.87. The molecule has 0 aliphatic heterocycles. The number of benzene rings is 1. The fraction of sp³-hybridized carbons (Fsp3) is 0.357. The van der Waals surface area contributed by atoms with E-state index in [9.17, 15) is 9.90 Å². The van der Waals surface area contributed by atoms with Crippen LogP contribution in [0.4, 0.5) is 10.5 Å². The van der Waals surface area contributed by atoms with E-state index in [1.165, 1.54) is 4.90 Å². The lowest BCUT2D eigenvalue weighted by molar-refractivity contribution is 0.201. The van der Waals surface area contributed by atoms with Crippen LogP contribution in [0.25, 0.3) is 10.9 Å². The third-order valence-electron chi connectivity index (χ3n) is 3.08. The van der Waals surface area contributed by atoms with Crippen molar-refractivity contribution in [1.29, 1.82) is 0 Å². The zero-order chi connectivity index (χ0) is 13.0. The largest absolute Gasteiger partial charge is 0.465 e. The minimum Gasteiger partial charge on any atom is -0.465 e. The van der Waals surface area contributed by atoms with E-state index >= 15 is 0 Å². The number of H-pyrrole nitrogens is 1. The molecule has 2 N–H and O–H groups in total. The van der Waals surface area contributed by atoms with Gasteiger partial charge in [-0.3, -0.25) is 4.90 Å². The molecule has 0 radical (unpaired) electrons. The Morgan fingerprint density at radius 2 is 2.17 bits per heavy atom. The smallest absolute Gasteiger partial charge is 0.411 e. The first-order valence-corrected chi connectivity index (χ1v) is 6.30. The Morgan fingerprint density at radius 1 is 1.33 bits per heavy atom. The first-order chi connectivity index (χ1) is 8.74. The molecule has 0 saturated heterocycles. The van der Waals surface area contributed by atoms with E-state index in [0.29, 0.717) is 6.54 Å². The van der Waals surface area contributed by atoms with Crippen molar-refractivity contribution in [2.75, 3.05) is 11.4 Å². The maximum absolute atomic E-state index is 11.4. The molecule has 0 atom stereocenters. The molecular weight excluding hydrogens is 228 g/mol. The fourth-order valence-electron chi connectivity index (χ4n) is 2.14. The molecule has 1 aromatic heterocycles. The van der Waals surface area contributed by atoms with Crippen LogP contribution in [0, 0.1) is 0 Å². The van der Waals surface area contributed by atoms with E-state index in [0.717, 1.165) is 35.9 Å². The minimum absolute atomic E-state index is 0.549. The number of nitrogens with one attached hydrogen (secondary N) is 1. The molecule has 0 fully saturated rings. The van der Waals surface area contributed by atoms with Crippen molar-refractivity contribution in [2.24, 2.45) is 0 Å². The van der Waals surface area contributed by atoms with Crippen LogP contribution in [-0.4, -0.2) is 22.7 Å². The highest BCUT2D eigenvalue weighted by atomic mass is 16.4. The summed E-state index contributed by atoms with van der Waals surface area (Å²) < 4.78 is 0. The zero-order valence-electron chi connectivity index (χ0n) is 10.5. The van der Waals surface area contributed by atoms with Gasteiger partial charge < -0.3 is 10.1 Å². The molecule has 1 amide bonds. The van der Waals surface area contributed by atoms with E-state index in [-0.39, 0.29) is 0 Å². The Bertz CT molecular complexity index is 533. The number of anilines is 1. The van der Waals surface area contributed by atoms with Crippen molar-refractivity contribution in [2.45, 2.75) is 26.2 Å². The fourth-order valence-corrected chi connectivity index (χ4v) is 2.14. The van der Waals surface area contributed by atoms with Crippen LogP contribution in [0.15, 0.2) is 30.5 Å². The van der Waals surface area contributed by atoms with E-state index in [4.69, 9.17) is 0 Å². The molecule has 0 bridgehead atoms. The Labute approximate surface area is 106 Å². The molecular formula is C14H18N2O2. The average molecular weight is 246 g/mol. The molecule has 0 unspecified atom stereocenters. The van der Waals surface area contributed by atoms with Gasteiger partial charge in [-0.2, -0.15) is 0 Å². The van der Waals surface area contributed by atoms with E-state index < -0.39 is 6.09 Å². The topological polar surface area (TPSA) is 56.3 Å². The van der Waals surface area contributed by atoms with Crippen LogP contribution in [0.3, 0.4) is 0 Å². The Balaban J connectivity index is 2.29. The lowest BCUT2D eigenvalue weighted by Crippen LogP contribution is -2.30. The van der Waals surface area contributed by atoms with Crippen molar-refractivity contribution in [3.05, 3.63) is 30.5 Å². The molecule has 4 nitrogen and oxygen atoms in total. The maximum atomic E-state index is 11.4. The number of hydrogen-bond acceptors (Lipinski definition) is 1. The second-order valence-corrected chi connectivity index (χ2v) is 4.36. The molecule has 0 aliphatic rings. The summed E-state index contributed by atoms with van der Waals surface area (Å²) in [4.78, 5) is 15.9. The van der Waals surface area contributed by atoms with Gasteiger partial charge >= 0.3 is 6.09 Å². The summed E-state index contributed by atoms with van der Waals surface area (Å²) >= 11 is 0. The van der Waals surface area contributed by atoms with Crippen LogP contribution in [0.1, 0.15) is 26.2 Å². The predicted molar refractivity (Wildman–Crippen MR) is 73.2 cm³/mol. The summed E-state index contributed by atoms with van der Waals surface area (Å²) in [6.07, 6.45) is 3.97. The first kappa shape index (κ1) is 12.5. The van der Waals surface area contributed by atoms with Crippen molar-refractivity contribution in [1.82, 2.24) is 4.98 Å². The molecule has 1 heterocycles. The number of aromatic amines is 1. The predicted octanol–water partition coefficient (Wildman–Crippen LogP) is 3.84. The number of carbonyl (C=O) groups is 1. The second-order valence-electron chi connectivity index (χ2n) is 4.36. The second kappa shape index (κ2) is 5.58. The van der Waals surface area contributed by atoms with Gasteiger partial charge in [0.05, 0.1) is 5.69 Å². The molecule has 0 aliphatic carbocycles. The molecule has 0 spiro atoms. The summed E-state index contributed by atoms with van der Waals surface area (Å²) in [5.41, 5.74) is 1.73. The zero-order valence-corrected chi connectivity index (χ0v) is 10.5. The van der Waals surface area contributed by atoms with Crippen molar-refractivity contribution < 1.29 is 9.90 Å². The third-order valence-corrected chi connectivity index (χ3v) is 3.08. The monoisotopic (exact) mass is 246 g/mol. The number of fused-ring (bicyclic) bond motifs is 1. The number of unbranched alkanes of at least 4 members (excludes halogenated alkanes) is 2. The average Bonchev–Trinajstić information content (AvgIpc) is 2.82. The molecule has 4 heteroatoms. The standard InChI is InChI=1S/C14H18N2O2/c1-2-3-4-10-16(14(17)18)13-7-5-6-12-11(13)8-9-15-12/h5-9,15H,2-4,10H2,1H3,(H,17,18). The Morgan fingerprint density at radius 3 is 2.89 bits per heavy atom. The lowest BCUT2D eigenvalue weighted by atomic mass is 10.2. The van der Waals surface area contributed by atoms with Crippen LogP contribution in [0.5, 0.6) is 0 Å². The lowest BCUT2D eigenvalue weighted by Gasteiger charge is -2.20. The highest BCUT2D eigenvalue weighted by Gasteiger charge is 2.16. The van der Waals surface area contributed by atoms with Gasteiger partial charge in [-0.15, -0.1) is 0 Å². The normalized spacial score (nSPS) is 10.7. The Hall–Kier alpha value is -1.97. The number of amides is 1. The summed E-state index contributed by atoms with van der Waals surface area (Å²) in [5.74, 6) is 0. The number of rotatable bonds is 5. The van der Waals surface area contributed by atoms with E-state index in [1.807, 2.05) is 30.5 Å². The van der Waals surface area contributed by atoms with E-state index in [2.05, 4.69) is 11.9 Å². The molecule has 96 valence electrons. The van der Waals surface area contributed by atoms with Crippen LogP contribution in [0.2, 0.25) is 0 Å². The highest BCUT2D eigenvalue weighted by Crippen LogP contribution is 2.26. The molecule has 1 aromatic carbocycles. The molecule has 2 rings (SSSR count). The number of aromatic nitrogens is 1. The van der Waals surface area contributed by atoms with Gasteiger partial charge in [0.1, 0.15) is 0 Å². The van der Waals surface area contributed by atoms with Gasteiger partial charge in [0.15, 0.2) is 0 Å². The van der Waals surface area contributed by atoms with Gasteiger partial charge in [0, 0.05) is 23.6 Å². The molecule has 0 saturated carbocycles. The van der Waals surface area contributed by atoms with Crippen LogP contribution >= 0.6 is 0 Å². The summed E-state index contributed by atoms with van der Waals surface area (Å²) in [5, 5.41) is 10.3. The van der Waals surface area contributed by atoms with Gasteiger partial charge in [-0.1, -0.05) is 25.8 Å². The molecule has 18 heavy (non-hydrogen) atoms. The quantitative estimate of drug-likeness (QED) is 0.787. The van der Waals surface area contributed by atoms with Crippen molar-refractivity contribution >= 4 is 22.7 Å². The van der Waals surface area contributed by atoms with Gasteiger partial charge in [0.2, 0.25) is 0 Å². The molecule has 2 aromatic rings. The van der Waals surface area contributed by atoms with Gasteiger partial charge in [0.25, 0.3) is 0 Å². The van der Waals surface area contributed by atoms with Gasteiger partial charge in [-0.25, -0.2) is 4.79 Å². The van der Waals surface area contributed by atoms with E-state index in [1.54, 1.807) is 0 Å².